The molecule has 5 heteroatoms. The van der Waals surface area contributed by atoms with Crippen molar-refractivity contribution in [3.05, 3.63) is 36.9 Å². The van der Waals surface area contributed by atoms with Crippen LogP contribution in [0.2, 0.25) is 0 Å². The first-order valence-electron chi connectivity index (χ1n) is 7.98. The Balaban J connectivity index is 2.60. The first-order chi connectivity index (χ1) is 10.7. The number of anilines is 1. The molecular formula is C18H25F2NO2. The number of hydrogen-bond donors (Lipinski definition) is 1. The molecule has 0 unspecified atom stereocenters. The Morgan fingerprint density at radius 1 is 1.35 bits per heavy atom. The van der Waals surface area contributed by atoms with Crippen LogP contribution in [0.3, 0.4) is 0 Å². The van der Waals surface area contributed by atoms with Crippen molar-refractivity contribution in [2.24, 2.45) is 0 Å². The number of alkyl halides is 2. The summed E-state index contributed by atoms with van der Waals surface area (Å²) in [6.45, 7) is 8.09. The molecule has 128 valence electrons. The number of benzene rings is 1. The second-order valence-electron chi connectivity index (χ2n) is 6.49. The average molecular weight is 325 g/mol. The fourth-order valence-corrected chi connectivity index (χ4v) is 3.04. The Labute approximate surface area is 136 Å². The summed E-state index contributed by atoms with van der Waals surface area (Å²) in [5, 5.41) is 10.2. The van der Waals surface area contributed by atoms with Crippen molar-refractivity contribution < 1.29 is 18.6 Å². The van der Waals surface area contributed by atoms with E-state index in [0.29, 0.717) is 17.9 Å². The zero-order valence-electron chi connectivity index (χ0n) is 14.0. The molecule has 0 saturated heterocycles. The van der Waals surface area contributed by atoms with Crippen LogP contribution in [0.15, 0.2) is 36.9 Å². The number of unbranched alkanes of at least 4 members (excludes halogenated alkanes) is 1. The molecule has 1 N–H and O–H groups in total. The van der Waals surface area contributed by atoms with E-state index < -0.39 is 17.2 Å². The summed E-state index contributed by atoms with van der Waals surface area (Å²) in [7, 11) is 0. The van der Waals surface area contributed by atoms with Gasteiger partial charge in [0, 0.05) is 13.0 Å². The summed E-state index contributed by atoms with van der Waals surface area (Å²) in [4.78, 5) is 1.53. The number of hydrogen-bond acceptors (Lipinski definition) is 3. The number of rotatable bonds is 7. The van der Waals surface area contributed by atoms with Crippen molar-refractivity contribution in [1.82, 2.24) is 0 Å². The number of halogens is 2. The summed E-state index contributed by atoms with van der Waals surface area (Å²) in [5.74, 6) is -3.06. The number of ether oxygens (including phenoxy) is 1. The van der Waals surface area contributed by atoms with Crippen molar-refractivity contribution in [2.75, 3.05) is 11.4 Å². The molecule has 0 bridgehead atoms. The minimum atomic E-state index is -3.47. The second-order valence-corrected chi connectivity index (χ2v) is 6.49. The molecule has 1 aromatic rings. The molecular weight excluding hydrogens is 300 g/mol. The molecule has 0 spiro atoms. The Morgan fingerprint density at radius 2 is 2.00 bits per heavy atom. The normalized spacial score (nSPS) is 21.0. The number of nitrogens with zero attached hydrogens (tertiary/aromatic N) is 1. The maximum Gasteiger partial charge on any atom is 0.333 e. The van der Waals surface area contributed by atoms with Crippen molar-refractivity contribution in [2.45, 2.75) is 57.3 Å². The summed E-state index contributed by atoms with van der Waals surface area (Å²) in [5.41, 5.74) is -3.53. The maximum atomic E-state index is 15.3. The molecule has 1 aromatic carbocycles. The summed E-state index contributed by atoms with van der Waals surface area (Å²) >= 11 is 0. The van der Waals surface area contributed by atoms with Gasteiger partial charge >= 0.3 is 5.92 Å². The average Bonchev–Trinajstić information content (AvgIpc) is 2.80. The number of aliphatic hydroxyl groups is 1. The predicted molar refractivity (Wildman–Crippen MR) is 88.1 cm³/mol. The molecule has 1 aliphatic heterocycles. The predicted octanol–water partition coefficient (Wildman–Crippen LogP) is 4.36. The molecule has 2 rings (SSSR count). The van der Waals surface area contributed by atoms with Crippen molar-refractivity contribution in [3.63, 3.8) is 0 Å². The first kappa shape index (κ1) is 17.7. The van der Waals surface area contributed by atoms with E-state index in [2.05, 4.69) is 6.58 Å². The van der Waals surface area contributed by atoms with E-state index in [1.807, 2.05) is 6.92 Å². The van der Waals surface area contributed by atoms with Crippen molar-refractivity contribution >= 4 is 5.69 Å². The fraction of sp³-hybridized carbons (Fsp3) is 0.556. The van der Waals surface area contributed by atoms with Gasteiger partial charge in [0.05, 0.1) is 5.69 Å². The lowest BCUT2D eigenvalue weighted by molar-refractivity contribution is -0.250. The van der Waals surface area contributed by atoms with Crippen LogP contribution in [0.1, 0.15) is 40.0 Å². The van der Waals surface area contributed by atoms with Gasteiger partial charge in [0.2, 0.25) is 5.72 Å². The second kappa shape index (κ2) is 6.11. The Bertz CT molecular complexity index is 568. The number of para-hydroxylation sites is 2. The van der Waals surface area contributed by atoms with E-state index in [-0.39, 0.29) is 13.0 Å². The molecule has 23 heavy (non-hydrogen) atoms. The van der Waals surface area contributed by atoms with Gasteiger partial charge in [-0.2, -0.15) is 8.78 Å². The van der Waals surface area contributed by atoms with E-state index in [1.165, 1.54) is 4.90 Å². The van der Waals surface area contributed by atoms with Gasteiger partial charge in [0.1, 0.15) is 11.4 Å². The molecule has 1 atom stereocenters. The van der Waals surface area contributed by atoms with Crippen molar-refractivity contribution in [1.29, 1.82) is 0 Å². The fourth-order valence-electron chi connectivity index (χ4n) is 3.04. The van der Waals surface area contributed by atoms with Crippen LogP contribution in [0.4, 0.5) is 14.5 Å². The molecule has 0 saturated carbocycles. The highest BCUT2D eigenvalue weighted by molar-refractivity contribution is 5.65. The third kappa shape index (κ3) is 2.71. The van der Waals surface area contributed by atoms with Gasteiger partial charge in [-0.3, -0.25) is 0 Å². The van der Waals surface area contributed by atoms with Crippen LogP contribution in [0.5, 0.6) is 5.75 Å². The van der Waals surface area contributed by atoms with Crippen LogP contribution in [0, 0.1) is 0 Å². The van der Waals surface area contributed by atoms with E-state index in [4.69, 9.17) is 4.74 Å². The molecule has 3 nitrogen and oxygen atoms in total. The minimum absolute atomic E-state index is 0.114. The van der Waals surface area contributed by atoms with Crippen LogP contribution >= 0.6 is 0 Å². The summed E-state index contributed by atoms with van der Waals surface area (Å²) in [6, 6.07) is 6.98. The maximum absolute atomic E-state index is 15.3. The van der Waals surface area contributed by atoms with Gasteiger partial charge in [-0.05, 0) is 32.4 Å². The van der Waals surface area contributed by atoms with Gasteiger partial charge in [-0.1, -0.05) is 31.6 Å². The van der Waals surface area contributed by atoms with Crippen LogP contribution < -0.4 is 9.64 Å². The summed E-state index contributed by atoms with van der Waals surface area (Å²) in [6.07, 6.45) is 3.01. The third-order valence-electron chi connectivity index (χ3n) is 4.31. The Kier molecular flexibility index (Phi) is 4.71. The summed E-state index contributed by atoms with van der Waals surface area (Å²) < 4.78 is 36.4. The van der Waals surface area contributed by atoms with Crippen molar-refractivity contribution in [3.8, 4) is 5.75 Å². The topological polar surface area (TPSA) is 32.7 Å². The standard InChI is InChI=1S/C18H25F2NO2/c1-5-7-12-17(18(19,20)16(3,4)22)21(13-6-2)14-10-8-9-11-15(14)23-17/h6,8-11,22H,2,5,7,12-13H2,1,3-4H3/t17-/m0/s1. The van der Waals surface area contributed by atoms with Crippen LogP contribution in [-0.4, -0.2) is 28.9 Å². The Hall–Kier alpha value is -1.62. The van der Waals surface area contributed by atoms with E-state index in [0.717, 1.165) is 20.3 Å². The molecule has 0 aromatic heterocycles. The smallest absolute Gasteiger partial charge is 0.333 e. The lowest BCUT2D eigenvalue weighted by Crippen LogP contribution is -2.69. The SMILES string of the molecule is C=CCN1c2ccccc2O[C@@]1(CCCC)C(F)(F)C(C)(C)O. The minimum Gasteiger partial charge on any atom is -0.459 e. The van der Waals surface area contributed by atoms with Gasteiger partial charge in [0.25, 0.3) is 0 Å². The highest BCUT2D eigenvalue weighted by atomic mass is 19.3. The molecule has 0 aliphatic carbocycles. The molecule has 0 radical (unpaired) electrons. The van der Waals surface area contributed by atoms with E-state index in [9.17, 15) is 5.11 Å². The van der Waals surface area contributed by atoms with Gasteiger partial charge in [-0.15, -0.1) is 6.58 Å². The van der Waals surface area contributed by atoms with Gasteiger partial charge < -0.3 is 14.7 Å². The third-order valence-corrected chi connectivity index (χ3v) is 4.31. The van der Waals surface area contributed by atoms with E-state index in [1.54, 1.807) is 30.3 Å². The van der Waals surface area contributed by atoms with Crippen LogP contribution in [0.25, 0.3) is 0 Å². The molecule has 1 aliphatic rings. The molecule has 0 fully saturated rings. The molecule has 1 heterocycles. The lowest BCUT2D eigenvalue weighted by Gasteiger charge is -2.47. The van der Waals surface area contributed by atoms with E-state index >= 15 is 8.78 Å². The first-order valence-corrected chi connectivity index (χ1v) is 7.98. The zero-order chi connectivity index (χ0) is 17.3. The highest BCUT2D eigenvalue weighted by Crippen LogP contribution is 2.53. The quantitative estimate of drug-likeness (QED) is 0.756. The number of fused-ring (bicyclic) bond motifs is 1. The largest absolute Gasteiger partial charge is 0.459 e. The highest BCUT2D eigenvalue weighted by Gasteiger charge is 2.68. The monoisotopic (exact) mass is 325 g/mol. The Morgan fingerprint density at radius 3 is 2.57 bits per heavy atom. The van der Waals surface area contributed by atoms with Gasteiger partial charge in [0.15, 0.2) is 0 Å². The zero-order valence-corrected chi connectivity index (χ0v) is 14.0. The van der Waals surface area contributed by atoms with Crippen LogP contribution in [-0.2, 0) is 0 Å². The lowest BCUT2D eigenvalue weighted by atomic mass is 9.86. The van der Waals surface area contributed by atoms with Gasteiger partial charge in [-0.25, -0.2) is 0 Å². The molecule has 0 amide bonds.